The third-order valence-corrected chi connectivity index (χ3v) is 5.65. The van der Waals surface area contributed by atoms with Gasteiger partial charge in [-0.3, -0.25) is 9.78 Å². The van der Waals surface area contributed by atoms with E-state index in [1.165, 1.54) is 0 Å². The maximum atomic E-state index is 12.5. The highest BCUT2D eigenvalue weighted by atomic mass is 16.6. The fourth-order valence-electron chi connectivity index (χ4n) is 4.13. The van der Waals surface area contributed by atoms with Crippen LogP contribution in [-0.4, -0.2) is 55.0 Å². The van der Waals surface area contributed by atoms with Gasteiger partial charge in [-0.05, 0) is 42.3 Å². The second-order valence-corrected chi connectivity index (χ2v) is 7.86. The zero-order valence-corrected chi connectivity index (χ0v) is 16.7. The number of aliphatic hydroxyl groups is 1. The summed E-state index contributed by atoms with van der Waals surface area (Å²) in [5.41, 5.74) is 3.23. The number of hydrogen-bond donors (Lipinski definition) is 2. The quantitative estimate of drug-likeness (QED) is 0.774. The molecule has 0 bridgehead atoms. The number of pyridine rings is 1. The van der Waals surface area contributed by atoms with E-state index >= 15 is 0 Å². The Kier molecular flexibility index (Phi) is 5.69. The monoisotopic (exact) mass is 397 g/mol. The predicted molar refractivity (Wildman–Crippen MR) is 109 cm³/mol. The van der Waals surface area contributed by atoms with E-state index in [-0.39, 0.29) is 37.1 Å². The van der Waals surface area contributed by atoms with Gasteiger partial charge in [-0.1, -0.05) is 0 Å². The van der Waals surface area contributed by atoms with E-state index in [1.54, 1.807) is 12.4 Å². The number of nitrogens with one attached hydrogen (secondary N) is 1. The average Bonchev–Trinajstić information content (AvgIpc) is 3.10. The molecule has 0 spiro atoms. The van der Waals surface area contributed by atoms with Crippen molar-refractivity contribution in [2.75, 3.05) is 25.6 Å². The molecule has 0 aliphatic carbocycles. The number of amides is 1. The molecule has 1 saturated heterocycles. The first-order chi connectivity index (χ1) is 14.0. The molecule has 7 heteroatoms. The Balaban J connectivity index is 1.44. The molecule has 2 aliphatic rings. The van der Waals surface area contributed by atoms with Gasteiger partial charge in [0.15, 0.2) is 0 Å². The summed E-state index contributed by atoms with van der Waals surface area (Å²) in [6, 6.07) is 9.89. The molecule has 4 atom stereocenters. The Bertz CT molecular complexity index is 858. The molecule has 1 amide bonds. The number of carbonyl (C=O) groups excluding carboxylic acids is 1. The van der Waals surface area contributed by atoms with Crippen LogP contribution in [0, 0.1) is 0 Å². The molecule has 0 saturated carbocycles. The van der Waals surface area contributed by atoms with E-state index < -0.39 is 6.10 Å². The summed E-state index contributed by atoms with van der Waals surface area (Å²) in [6.45, 7) is 0.326. The summed E-state index contributed by atoms with van der Waals surface area (Å²) in [4.78, 5) is 18.5. The highest BCUT2D eigenvalue weighted by molar-refractivity contribution is 5.76. The smallest absolute Gasteiger partial charge is 0.222 e. The molecule has 7 nitrogen and oxygen atoms in total. The van der Waals surface area contributed by atoms with Crippen LogP contribution in [0.15, 0.2) is 42.7 Å². The highest BCUT2D eigenvalue weighted by Gasteiger charge is 2.46. The van der Waals surface area contributed by atoms with Crippen molar-refractivity contribution in [2.24, 2.45) is 0 Å². The van der Waals surface area contributed by atoms with E-state index in [0.29, 0.717) is 13.0 Å². The molecule has 2 N–H and O–H groups in total. The standard InChI is InChI=1S/C22H27N3O4/c1-25(2)15-3-4-19-17(9-15)18-10-16(28-20(13-26)22(18)29-19)11-21(27)24-12-14-5-7-23-8-6-14/h3-9,16,18,20,22,26H,10-13H2,1-2H3,(H,24,27)/t16-,18-,20-,22+/m1/s1. The lowest BCUT2D eigenvalue weighted by atomic mass is 9.84. The predicted octanol–water partition coefficient (Wildman–Crippen LogP) is 1.85. The lowest BCUT2D eigenvalue weighted by molar-refractivity contribution is -0.142. The van der Waals surface area contributed by atoms with Gasteiger partial charge >= 0.3 is 0 Å². The minimum atomic E-state index is -0.443. The number of carbonyl (C=O) groups is 1. The van der Waals surface area contributed by atoms with Crippen LogP contribution in [-0.2, 0) is 16.1 Å². The number of aliphatic hydroxyl groups excluding tert-OH is 1. The van der Waals surface area contributed by atoms with Crippen LogP contribution < -0.4 is 15.0 Å². The maximum Gasteiger partial charge on any atom is 0.222 e. The molecule has 0 radical (unpaired) electrons. The zero-order valence-electron chi connectivity index (χ0n) is 16.7. The largest absolute Gasteiger partial charge is 0.487 e. The molecule has 2 aromatic rings. The van der Waals surface area contributed by atoms with E-state index in [2.05, 4.69) is 21.3 Å². The third-order valence-electron chi connectivity index (χ3n) is 5.65. The average molecular weight is 397 g/mol. The Morgan fingerprint density at radius 3 is 2.79 bits per heavy atom. The number of rotatable bonds is 6. The number of nitrogens with zero attached hydrogens (tertiary/aromatic N) is 2. The van der Waals surface area contributed by atoms with Crippen molar-refractivity contribution in [1.82, 2.24) is 10.3 Å². The van der Waals surface area contributed by atoms with Gasteiger partial charge in [0.1, 0.15) is 18.0 Å². The Morgan fingerprint density at radius 2 is 2.07 bits per heavy atom. The van der Waals surface area contributed by atoms with Crippen molar-refractivity contribution in [3.8, 4) is 5.75 Å². The number of hydrogen-bond acceptors (Lipinski definition) is 6. The maximum absolute atomic E-state index is 12.5. The van der Waals surface area contributed by atoms with Gasteiger partial charge in [-0.25, -0.2) is 0 Å². The lowest BCUT2D eigenvalue weighted by Gasteiger charge is -2.37. The van der Waals surface area contributed by atoms with Crippen LogP contribution >= 0.6 is 0 Å². The minimum Gasteiger partial charge on any atom is -0.487 e. The number of benzene rings is 1. The fraction of sp³-hybridized carbons (Fsp3) is 0.455. The Morgan fingerprint density at radius 1 is 1.28 bits per heavy atom. The summed E-state index contributed by atoms with van der Waals surface area (Å²) in [7, 11) is 4.01. The van der Waals surface area contributed by atoms with E-state index in [4.69, 9.17) is 9.47 Å². The topological polar surface area (TPSA) is 83.9 Å². The summed E-state index contributed by atoms with van der Waals surface area (Å²) >= 11 is 0. The van der Waals surface area contributed by atoms with Crippen molar-refractivity contribution in [3.05, 3.63) is 53.9 Å². The second kappa shape index (κ2) is 8.39. The molecule has 0 unspecified atom stereocenters. The van der Waals surface area contributed by atoms with E-state index in [0.717, 1.165) is 22.6 Å². The molecule has 4 rings (SSSR count). The van der Waals surface area contributed by atoms with Crippen LogP contribution in [0.3, 0.4) is 0 Å². The summed E-state index contributed by atoms with van der Waals surface area (Å²) in [5.74, 6) is 0.882. The normalized spacial score (nSPS) is 24.9. The van der Waals surface area contributed by atoms with Gasteiger partial charge < -0.3 is 24.8 Å². The van der Waals surface area contributed by atoms with E-state index in [9.17, 15) is 9.90 Å². The molecular weight excluding hydrogens is 370 g/mol. The zero-order chi connectivity index (χ0) is 20.4. The van der Waals surface area contributed by atoms with Crippen LogP contribution in [0.2, 0.25) is 0 Å². The van der Waals surface area contributed by atoms with Gasteiger partial charge in [0.05, 0.1) is 19.1 Å². The fourth-order valence-corrected chi connectivity index (χ4v) is 4.13. The van der Waals surface area contributed by atoms with Crippen LogP contribution in [0.25, 0.3) is 0 Å². The van der Waals surface area contributed by atoms with Crippen molar-refractivity contribution in [1.29, 1.82) is 0 Å². The Hall–Kier alpha value is -2.64. The summed E-state index contributed by atoms with van der Waals surface area (Å²) in [5, 5.41) is 12.8. The van der Waals surface area contributed by atoms with Crippen LogP contribution in [0.5, 0.6) is 5.75 Å². The number of anilines is 1. The van der Waals surface area contributed by atoms with Crippen LogP contribution in [0.1, 0.15) is 29.9 Å². The number of fused-ring (bicyclic) bond motifs is 3. The number of ether oxygens (including phenoxy) is 2. The highest BCUT2D eigenvalue weighted by Crippen LogP contribution is 2.47. The van der Waals surface area contributed by atoms with Crippen molar-refractivity contribution < 1.29 is 19.4 Å². The molecule has 29 heavy (non-hydrogen) atoms. The molecular formula is C22H27N3O4. The molecule has 1 aromatic carbocycles. The van der Waals surface area contributed by atoms with Crippen molar-refractivity contribution in [2.45, 2.75) is 43.6 Å². The molecule has 1 fully saturated rings. The molecule has 154 valence electrons. The van der Waals surface area contributed by atoms with Crippen molar-refractivity contribution >= 4 is 11.6 Å². The summed E-state index contributed by atoms with van der Waals surface area (Å²) in [6.07, 6.45) is 3.43. The number of aromatic nitrogens is 1. The first-order valence-electron chi connectivity index (χ1n) is 9.95. The van der Waals surface area contributed by atoms with Gasteiger partial charge in [0.25, 0.3) is 0 Å². The first kappa shape index (κ1) is 19.7. The second-order valence-electron chi connectivity index (χ2n) is 7.86. The molecule has 2 aliphatic heterocycles. The third kappa shape index (κ3) is 4.21. The van der Waals surface area contributed by atoms with Gasteiger partial charge in [-0.15, -0.1) is 0 Å². The van der Waals surface area contributed by atoms with E-state index in [1.807, 2.05) is 38.4 Å². The minimum absolute atomic E-state index is 0.0665. The van der Waals surface area contributed by atoms with Gasteiger partial charge in [-0.2, -0.15) is 0 Å². The van der Waals surface area contributed by atoms with Crippen molar-refractivity contribution in [3.63, 3.8) is 0 Å². The molecule has 1 aromatic heterocycles. The molecule has 3 heterocycles. The SMILES string of the molecule is CN(C)c1ccc2c(c1)[C@H]1C[C@H](CC(=O)NCc3ccncc3)O[C@H](CO)[C@H]1O2. The lowest BCUT2D eigenvalue weighted by Crippen LogP contribution is -2.47. The van der Waals surface area contributed by atoms with Gasteiger partial charge in [0.2, 0.25) is 5.91 Å². The van der Waals surface area contributed by atoms with Gasteiger partial charge in [0, 0.05) is 50.2 Å². The first-order valence-corrected chi connectivity index (χ1v) is 9.95. The van der Waals surface area contributed by atoms with Crippen LogP contribution in [0.4, 0.5) is 5.69 Å². The Labute approximate surface area is 170 Å². The summed E-state index contributed by atoms with van der Waals surface area (Å²) < 4.78 is 12.1.